The van der Waals surface area contributed by atoms with Crippen LogP contribution < -0.4 is 0 Å². The molecule has 1 aromatic heterocycles. The summed E-state index contributed by atoms with van der Waals surface area (Å²) in [6.45, 7) is 1.83. The zero-order chi connectivity index (χ0) is 9.84. The summed E-state index contributed by atoms with van der Waals surface area (Å²) in [4.78, 5) is 14.6. The maximum Gasteiger partial charge on any atom is 0.311 e. The van der Waals surface area contributed by atoms with Gasteiger partial charge in [-0.15, -0.1) is 0 Å². The van der Waals surface area contributed by atoms with Crippen molar-refractivity contribution in [3.05, 3.63) is 29.0 Å². The van der Waals surface area contributed by atoms with E-state index in [2.05, 4.69) is 4.98 Å². The summed E-state index contributed by atoms with van der Waals surface area (Å²) < 4.78 is 0. The monoisotopic (exact) mass is 199 g/mol. The topological polar surface area (TPSA) is 50.2 Å². The van der Waals surface area contributed by atoms with Gasteiger partial charge in [-0.2, -0.15) is 0 Å². The number of hydrogen-bond donors (Lipinski definition) is 1. The van der Waals surface area contributed by atoms with Gasteiger partial charge in [-0.25, -0.2) is 4.98 Å². The van der Waals surface area contributed by atoms with Crippen LogP contribution in [0.4, 0.5) is 0 Å². The molecule has 1 aromatic rings. The van der Waals surface area contributed by atoms with E-state index in [0.717, 1.165) is 0 Å². The van der Waals surface area contributed by atoms with Crippen molar-refractivity contribution in [2.45, 2.75) is 19.3 Å². The van der Waals surface area contributed by atoms with E-state index in [0.29, 0.717) is 17.1 Å². The molecule has 0 aliphatic carbocycles. The molecule has 3 nitrogen and oxygen atoms in total. The van der Waals surface area contributed by atoms with Crippen LogP contribution >= 0.6 is 11.6 Å². The molecule has 0 fully saturated rings. The number of halogens is 1. The number of carboxylic acid groups (broad SMARTS) is 1. The summed E-state index contributed by atoms with van der Waals surface area (Å²) in [7, 11) is 0. The molecular formula is C9H10ClNO2. The lowest BCUT2D eigenvalue weighted by molar-refractivity contribution is -0.138. The van der Waals surface area contributed by atoms with Gasteiger partial charge in [0.15, 0.2) is 0 Å². The molecule has 13 heavy (non-hydrogen) atoms. The van der Waals surface area contributed by atoms with E-state index in [4.69, 9.17) is 16.7 Å². The molecule has 0 aromatic carbocycles. The standard InChI is InChI=1S/C9H10ClNO2/c1-2-7(9(12)13)6-3-4-8(10)11-5-6/h3-5,7H,2H2,1H3,(H,12,13). The molecule has 0 bridgehead atoms. The Morgan fingerprint density at radius 3 is 2.77 bits per heavy atom. The second kappa shape index (κ2) is 4.23. The fourth-order valence-electron chi connectivity index (χ4n) is 1.15. The van der Waals surface area contributed by atoms with E-state index in [1.54, 1.807) is 12.1 Å². The second-order valence-corrected chi connectivity index (χ2v) is 3.10. The molecular weight excluding hydrogens is 190 g/mol. The third kappa shape index (κ3) is 2.42. The quantitative estimate of drug-likeness (QED) is 0.760. The fraction of sp³-hybridized carbons (Fsp3) is 0.333. The Labute approximate surface area is 81.4 Å². The first-order chi connectivity index (χ1) is 6.15. The van der Waals surface area contributed by atoms with E-state index >= 15 is 0 Å². The van der Waals surface area contributed by atoms with E-state index < -0.39 is 11.9 Å². The van der Waals surface area contributed by atoms with Crippen LogP contribution in [0.2, 0.25) is 5.15 Å². The molecule has 4 heteroatoms. The summed E-state index contributed by atoms with van der Waals surface area (Å²) in [5.41, 5.74) is 0.694. The van der Waals surface area contributed by atoms with Gasteiger partial charge in [0.25, 0.3) is 0 Å². The number of nitrogens with zero attached hydrogens (tertiary/aromatic N) is 1. The highest BCUT2D eigenvalue weighted by Gasteiger charge is 2.17. The average molecular weight is 200 g/mol. The molecule has 0 aliphatic heterocycles. The van der Waals surface area contributed by atoms with Crippen LogP contribution in [0.3, 0.4) is 0 Å². The summed E-state index contributed by atoms with van der Waals surface area (Å²) in [6.07, 6.45) is 2.06. The van der Waals surface area contributed by atoms with E-state index in [-0.39, 0.29) is 0 Å². The summed E-state index contributed by atoms with van der Waals surface area (Å²) in [6, 6.07) is 3.29. The first kappa shape index (κ1) is 9.99. The Bertz CT molecular complexity index is 297. The summed E-state index contributed by atoms with van der Waals surface area (Å²) in [5, 5.41) is 9.21. The average Bonchev–Trinajstić information content (AvgIpc) is 2.09. The van der Waals surface area contributed by atoms with Gasteiger partial charge in [0.05, 0.1) is 5.92 Å². The van der Waals surface area contributed by atoms with Gasteiger partial charge in [-0.1, -0.05) is 24.6 Å². The van der Waals surface area contributed by atoms with Crippen LogP contribution in [-0.2, 0) is 4.79 Å². The molecule has 1 heterocycles. The maximum atomic E-state index is 10.8. The smallest absolute Gasteiger partial charge is 0.311 e. The zero-order valence-electron chi connectivity index (χ0n) is 7.20. The Balaban J connectivity index is 2.92. The molecule has 0 spiro atoms. The Kier molecular flexibility index (Phi) is 3.25. The van der Waals surface area contributed by atoms with Crippen molar-refractivity contribution in [2.75, 3.05) is 0 Å². The minimum Gasteiger partial charge on any atom is -0.481 e. The Morgan fingerprint density at radius 2 is 2.38 bits per heavy atom. The molecule has 1 rings (SSSR count). The van der Waals surface area contributed by atoms with Crippen LogP contribution in [0.1, 0.15) is 24.8 Å². The highest BCUT2D eigenvalue weighted by Crippen LogP contribution is 2.19. The van der Waals surface area contributed by atoms with Gasteiger partial charge in [0.1, 0.15) is 5.15 Å². The van der Waals surface area contributed by atoms with Crippen LogP contribution in [0, 0.1) is 0 Å². The first-order valence-corrected chi connectivity index (χ1v) is 4.37. The van der Waals surface area contributed by atoms with E-state index in [1.807, 2.05) is 6.92 Å². The van der Waals surface area contributed by atoms with Gasteiger partial charge < -0.3 is 5.11 Å². The number of aliphatic carboxylic acids is 1. The lowest BCUT2D eigenvalue weighted by atomic mass is 9.99. The number of aromatic nitrogens is 1. The number of carbonyl (C=O) groups is 1. The van der Waals surface area contributed by atoms with Crippen molar-refractivity contribution in [1.29, 1.82) is 0 Å². The van der Waals surface area contributed by atoms with Crippen LogP contribution in [0.25, 0.3) is 0 Å². The van der Waals surface area contributed by atoms with Crippen LogP contribution in [0.5, 0.6) is 0 Å². The molecule has 0 radical (unpaired) electrons. The molecule has 0 saturated carbocycles. The predicted octanol–water partition coefficient (Wildman–Crippen LogP) is 2.31. The van der Waals surface area contributed by atoms with E-state index in [1.165, 1.54) is 6.20 Å². The van der Waals surface area contributed by atoms with Gasteiger partial charge in [-0.05, 0) is 18.1 Å². The molecule has 1 unspecified atom stereocenters. The van der Waals surface area contributed by atoms with Crippen molar-refractivity contribution in [2.24, 2.45) is 0 Å². The minimum absolute atomic E-state index is 0.379. The van der Waals surface area contributed by atoms with Gasteiger partial charge in [-0.3, -0.25) is 4.79 Å². The number of pyridine rings is 1. The highest BCUT2D eigenvalue weighted by molar-refractivity contribution is 6.29. The fourth-order valence-corrected chi connectivity index (χ4v) is 1.26. The normalized spacial score (nSPS) is 12.5. The van der Waals surface area contributed by atoms with E-state index in [9.17, 15) is 4.79 Å². The van der Waals surface area contributed by atoms with Crippen molar-refractivity contribution in [1.82, 2.24) is 4.98 Å². The van der Waals surface area contributed by atoms with Crippen LogP contribution in [-0.4, -0.2) is 16.1 Å². The molecule has 1 N–H and O–H groups in total. The lowest BCUT2D eigenvalue weighted by Crippen LogP contribution is -2.10. The lowest BCUT2D eigenvalue weighted by Gasteiger charge is -2.08. The molecule has 0 aliphatic rings. The zero-order valence-corrected chi connectivity index (χ0v) is 7.95. The van der Waals surface area contributed by atoms with Crippen molar-refractivity contribution >= 4 is 17.6 Å². The SMILES string of the molecule is CCC(C(=O)O)c1ccc(Cl)nc1. The summed E-state index contributed by atoms with van der Waals surface area (Å²) in [5.74, 6) is -1.31. The molecule has 0 amide bonds. The molecule has 0 saturated heterocycles. The number of carboxylic acids is 1. The second-order valence-electron chi connectivity index (χ2n) is 2.71. The largest absolute Gasteiger partial charge is 0.481 e. The highest BCUT2D eigenvalue weighted by atomic mass is 35.5. The number of hydrogen-bond acceptors (Lipinski definition) is 2. The van der Waals surface area contributed by atoms with Crippen LogP contribution in [0.15, 0.2) is 18.3 Å². The third-order valence-corrected chi connectivity index (χ3v) is 2.08. The van der Waals surface area contributed by atoms with Crippen molar-refractivity contribution < 1.29 is 9.90 Å². The maximum absolute atomic E-state index is 10.8. The predicted molar refractivity (Wildman–Crippen MR) is 49.9 cm³/mol. The summed E-state index contributed by atoms with van der Waals surface area (Å²) >= 11 is 5.58. The van der Waals surface area contributed by atoms with Crippen molar-refractivity contribution in [3.63, 3.8) is 0 Å². The first-order valence-electron chi connectivity index (χ1n) is 3.99. The minimum atomic E-state index is -0.827. The Hall–Kier alpha value is -1.09. The Morgan fingerprint density at radius 1 is 1.69 bits per heavy atom. The third-order valence-electron chi connectivity index (χ3n) is 1.86. The van der Waals surface area contributed by atoms with Crippen molar-refractivity contribution in [3.8, 4) is 0 Å². The van der Waals surface area contributed by atoms with Gasteiger partial charge in [0, 0.05) is 6.20 Å². The molecule has 1 atom stereocenters. The number of rotatable bonds is 3. The van der Waals surface area contributed by atoms with Gasteiger partial charge in [0.2, 0.25) is 0 Å². The molecule has 70 valence electrons. The van der Waals surface area contributed by atoms with Gasteiger partial charge >= 0.3 is 5.97 Å².